The number of halogens is 2. The number of hydrogen-bond acceptors (Lipinski definition) is 4. The topological polar surface area (TPSA) is 74.6 Å². The monoisotopic (exact) mass is 493 g/mol. The number of carbonyl (C=O) groups is 1. The Morgan fingerprint density at radius 1 is 1.35 bits per heavy atom. The molecule has 0 aliphatic carbocycles. The number of nitrogens with one attached hydrogen (secondary N) is 1. The first-order chi connectivity index (χ1) is 9.58. The molecule has 5 nitrogen and oxygen atoms in total. The van der Waals surface area contributed by atoms with Crippen molar-refractivity contribution in [1.82, 2.24) is 10.4 Å². The number of pyridine rings is 1. The Bertz CT molecular complexity index is 660. The summed E-state index contributed by atoms with van der Waals surface area (Å²) in [5.41, 5.74) is 3.19. The third-order valence-corrected chi connectivity index (χ3v) is 3.77. The van der Waals surface area contributed by atoms with Crippen LogP contribution in [0.5, 0.6) is 5.75 Å². The highest BCUT2D eigenvalue weighted by atomic mass is 127. The van der Waals surface area contributed by atoms with Crippen LogP contribution in [0.4, 0.5) is 0 Å². The molecule has 1 heterocycles. The summed E-state index contributed by atoms with van der Waals surface area (Å²) in [5, 5.41) is 13.7. The summed E-state index contributed by atoms with van der Waals surface area (Å²) < 4.78 is 1.70. The molecule has 1 aromatic heterocycles. The van der Waals surface area contributed by atoms with Crippen LogP contribution in [0.2, 0.25) is 0 Å². The minimum absolute atomic E-state index is 0.141. The molecule has 20 heavy (non-hydrogen) atoms. The molecule has 2 aromatic rings. The molecule has 1 aromatic carbocycles. The van der Waals surface area contributed by atoms with E-state index >= 15 is 0 Å². The van der Waals surface area contributed by atoms with Gasteiger partial charge in [0, 0.05) is 15.3 Å². The van der Waals surface area contributed by atoms with Gasteiger partial charge in [-0.15, -0.1) is 0 Å². The number of hydrogen-bond donors (Lipinski definition) is 2. The first-order valence-electron chi connectivity index (χ1n) is 5.50. The van der Waals surface area contributed by atoms with Crippen molar-refractivity contribution in [3.8, 4) is 5.75 Å². The lowest BCUT2D eigenvalue weighted by Crippen LogP contribution is -2.18. The zero-order valence-electron chi connectivity index (χ0n) is 10.0. The van der Waals surface area contributed by atoms with Gasteiger partial charge in [-0.1, -0.05) is 6.07 Å². The summed E-state index contributed by atoms with van der Waals surface area (Å²) >= 11 is 4.18. The predicted molar refractivity (Wildman–Crippen MR) is 92.8 cm³/mol. The Morgan fingerprint density at radius 3 is 2.85 bits per heavy atom. The quantitative estimate of drug-likeness (QED) is 0.393. The maximum atomic E-state index is 11.7. The SMILES string of the molecule is O=C(N/N=C/c1cc(I)cc(I)c1O)c1ccccn1. The molecule has 0 radical (unpaired) electrons. The van der Waals surface area contributed by atoms with Crippen LogP contribution in [0, 0.1) is 7.14 Å². The van der Waals surface area contributed by atoms with Gasteiger partial charge >= 0.3 is 0 Å². The minimum Gasteiger partial charge on any atom is -0.506 e. The number of aromatic nitrogens is 1. The molecule has 0 saturated heterocycles. The fourth-order valence-corrected chi connectivity index (χ4v) is 3.29. The molecular weight excluding hydrogens is 484 g/mol. The van der Waals surface area contributed by atoms with Crippen molar-refractivity contribution in [3.05, 3.63) is 54.9 Å². The van der Waals surface area contributed by atoms with E-state index in [9.17, 15) is 9.90 Å². The molecule has 102 valence electrons. The van der Waals surface area contributed by atoms with Gasteiger partial charge in [-0.05, 0) is 69.4 Å². The summed E-state index contributed by atoms with van der Waals surface area (Å²) in [7, 11) is 0. The molecule has 7 heteroatoms. The van der Waals surface area contributed by atoms with Gasteiger partial charge in [0.25, 0.3) is 5.91 Å². The number of carbonyl (C=O) groups excluding carboxylic acids is 1. The number of rotatable bonds is 3. The summed E-state index contributed by atoms with van der Waals surface area (Å²) in [6.07, 6.45) is 2.94. The molecule has 0 aliphatic rings. The molecule has 2 N–H and O–H groups in total. The smallest absolute Gasteiger partial charge is 0.289 e. The van der Waals surface area contributed by atoms with Gasteiger partial charge in [0.15, 0.2) is 0 Å². The number of nitrogens with zero attached hydrogens (tertiary/aromatic N) is 2. The highest BCUT2D eigenvalue weighted by Gasteiger charge is 2.06. The Morgan fingerprint density at radius 2 is 2.15 bits per heavy atom. The van der Waals surface area contributed by atoms with Gasteiger partial charge in [-0.25, -0.2) is 5.43 Å². The van der Waals surface area contributed by atoms with Crippen molar-refractivity contribution >= 4 is 57.3 Å². The van der Waals surface area contributed by atoms with Gasteiger partial charge in [0.1, 0.15) is 11.4 Å². The van der Waals surface area contributed by atoms with E-state index in [1.165, 1.54) is 12.4 Å². The van der Waals surface area contributed by atoms with Crippen LogP contribution in [0.3, 0.4) is 0 Å². The fraction of sp³-hybridized carbons (Fsp3) is 0. The number of hydrazone groups is 1. The molecular formula is C13H9I2N3O2. The summed E-state index contributed by atoms with van der Waals surface area (Å²) in [5.74, 6) is -0.261. The second kappa shape index (κ2) is 6.97. The molecule has 0 aliphatic heterocycles. The van der Waals surface area contributed by atoms with Crippen molar-refractivity contribution in [2.45, 2.75) is 0 Å². The largest absolute Gasteiger partial charge is 0.506 e. The van der Waals surface area contributed by atoms with Crippen LogP contribution >= 0.6 is 45.2 Å². The van der Waals surface area contributed by atoms with Crippen LogP contribution in [0.15, 0.2) is 41.6 Å². The molecule has 0 unspecified atom stereocenters. The van der Waals surface area contributed by atoms with Crippen molar-refractivity contribution in [2.24, 2.45) is 5.10 Å². The zero-order chi connectivity index (χ0) is 14.5. The average molecular weight is 493 g/mol. The van der Waals surface area contributed by atoms with Crippen LogP contribution in [-0.4, -0.2) is 22.2 Å². The molecule has 1 amide bonds. The van der Waals surface area contributed by atoms with Gasteiger partial charge in [0.2, 0.25) is 0 Å². The van der Waals surface area contributed by atoms with E-state index in [1.807, 2.05) is 28.7 Å². The predicted octanol–water partition coefficient (Wildman–Crippen LogP) is 2.76. The number of phenolic OH excluding ortho intramolecular Hbond substituents is 1. The van der Waals surface area contributed by atoms with E-state index in [4.69, 9.17) is 0 Å². The van der Waals surface area contributed by atoms with Crippen molar-refractivity contribution in [1.29, 1.82) is 0 Å². The van der Waals surface area contributed by atoms with Crippen molar-refractivity contribution < 1.29 is 9.90 Å². The van der Waals surface area contributed by atoms with E-state index < -0.39 is 5.91 Å². The van der Waals surface area contributed by atoms with E-state index in [2.05, 4.69) is 38.1 Å². The Labute approximate surface area is 142 Å². The lowest BCUT2D eigenvalue weighted by Gasteiger charge is -2.03. The number of amides is 1. The Balaban J connectivity index is 2.10. The second-order valence-corrected chi connectivity index (χ2v) is 6.15. The van der Waals surface area contributed by atoms with Crippen molar-refractivity contribution in [3.63, 3.8) is 0 Å². The van der Waals surface area contributed by atoms with E-state index in [0.29, 0.717) is 5.56 Å². The Hall–Kier alpha value is -1.23. The summed E-state index contributed by atoms with van der Waals surface area (Å²) in [6, 6.07) is 8.66. The van der Waals surface area contributed by atoms with Crippen molar-refractivity contribution in [2.75, 3.05) is 0 Å². The highest BCUT2D eigenvalue weighted by molar-refractivity contribution is 14.1. The van der Waals surface area contributed by atoms with Crippen LogP contribution in [0.1, 0.15) is 16.1 Å². The third-order valence-electron chi connectivity index (χ3n) is 2.32. The van der Waals surface area contributed by atoms with Crippen LogP contribution in [0.25, 0.3) is 0 Å². The molecule has 0 fully saturated rings. The molecule has 0 bridgehead atoms. The van der Waals surface area contributed by atoms with Gasteiger partial charge in [0.05, 0.1) is 9.78 Å². The van der Waals surface area contributed by atoms with Crippen LogP contribution in [-0.2, 0) is 0 Å². The highest BCUT2D eigenvalue weighted by Crippen LogP contribution is 2.25. The summed E-state index contributed by atoms with van der Waals surface area (Å²) in [4.78, 5) is 15.6. The average Bonchev–Trinajstić information content (AvgIpc) is 2.44. The Kier molecular flexibility index (Phi) is 5.29. The van der Waals surface area contributed by atoms with E-state index in [1.54, 1.807) is 24.3 Å². The lowest BCUT2D eigenvalue weighted by atomic mass is 10.2. The van der Waals surface area contributed by atoms with Gasteiger partial charge in [-0.3, -0.25) is 9.78 Å². The first kappa shape index (κ1) is 15.2. The number of phenols is 1. The summed E-state index contributed by atoms with van der Waals surface area (Å²) in [6.45, 7) is 0. The van der Waals surface area contributed by atoms with Gasteiger partial charge < -0.3 is 5.11 Å². The van der Waals surface area contributed by atoms with E-state index in [-0.39, 0.29) is 11.4 Å². The standard InChI is InChI=1S/C13H9I2N3O2/c14-9-5-8(12(19)10(15)6-9)7-17-18-13(20)11-3-1-2-4-16-11/h1-7,19H,(H,18,20)/b17-7+. The first-order valence-corrected chi connectivity index (χ1v) is 7.66. The molecule has 0 saturated carbocycles. The normalized spacial score (nSPS) is 10.7. The van der Waals surface area contributed by atoms with E-state index in [0.717, 1.165) is 7.14 Å². The minimum atomic E-state index is -0.401. The molecule has 0 atom stereocenters. The number of aromatic hydroxyl groups is 1. The fourth-order valence-electron chi connectivity index (χ4n) is 1.40. The second-order valence-electron chi connectivity index (χ2n) is 3.74. The zero-order valence-corrected chi connectivity index (χ0v) is 14.4. The third kappa shape index (κ3) is 3.88. The molecule has 0 spiro atoms. The maximum Gasteiger partial charge on any atom is 0.289 e. The molecule has 2 rings (SSSR count). The van der Waals surface area contributed by atoms with Gasteiger partial charge in [-0.2, -0.15) is 5.10 Å². The number of benzene rings is 1. The lowest BCUT2D eigenvalue weighted by molar-refractivity contribution is 0.0950. The van der Waals surface area contributed by atoms with Crippen LogP contribution < -0.4 is 5.43 Å². The maximum absolute atomic E-state index is 11.7.